The molecule has 3 unspecified atom stereocenters. The molecule has 0 aromatic rings. The Labute approximate surface area is 205 Å². The predicted octanol–water partition coefficient (Wildman–Crippen LogP) is 6.74. The van der Waals surface area contributed by atoms with Crippen LogP contribution in [0.4, 0.5) is 13.2 Å². The molecule has 0 fully saturated rings. The van der Waals surface area contributed by atoms with Crippen LogP contribution in [-0.2, 0) is 0 Å². The summed E-state index contributed by atoms with van der Waals surface area (Å²) in [7, 11) is 0. The van der Waals surface area contributed by atoms with Crippen LogP contribution in [0.25, 0.3) is 0 Å². The van der Waals surface area contributed by atoms with Gasteiger partial charge in [0.2, 0.25) is 0 Å². The van der Waals surface area contributed by atoms with Crippen LogP contribution in [0.5, 0.6) is 0 Å². The normalized spacial score (nSPS) is 21.9. The monoisotopic (exact) mass is 482 g/mol. The average molecular weight is 483 g/mol. The number of aliphatic imine (C=N–C) groups is 2. The van der Waals surface area contributed by atoms with Crippen molar-refractivity contribution in [2.75, 3.05) is 26.2 Å². The molecule has 1 heterocycles. The predicted molar refractivity (Wildman–Crippen MR) is 140 cm³/mol. The van der Waals surface area contributed by atoms with Crippen molar-refractivity contribution in [2.24, 2.45) is 27.6 Å². The molecule has 7 heteroatoms. The van der Waals surface area contributed by atoms with Crippen molar-refractivity contribution < 1.29 is 13.2 Å². The van der Waals surface area contributed by atoms with Gasteiger partial charge in [-0.2, -0.15) is 13.2 Å². The molecule has 0 saturated heterocycles. The Morgan fingerprint density at radius 3 is 2.74 bits per heavy atom. The second-order valence-corrected chi connectivity index (χ2v) is 9.37. The van der Waals surface area contributed by atoms with Crippen LogP contribution in [0, 0.1) is 11.8 Å². The number of rotatable bonds is 15. The van der Waals surface area contributed by atoms with E-state index in [9.17, 15) is 13.2 Å². The lowest BCUT2D eigenvalue weighted by Crippen LogP contribution is -2.33. The van der Waals surface area contributed by atoms with Crippen LogP contribution in [-0.4, -0.2) is 55.2 Å². The lowest BCUT2D eigenvalue weighted by Gasteiger charge is -2.25. The van der Waals surface area contributed by atoms with Gasteiger partial charge in [0.1, 0.15) is 0 Å². The molecule has 0 bridgehead atoms. The summed E-state index contributed by atoms with van der Waals surface area (Å²) in [6.45, 7) is 13.5. The maximum absolute atomic E-state index is 13.2. The molecule has 3 atom stereocenters. The number of hydrogen-bond donors (Lipinski definition) is 1. The van der Waals surface area contributed by atoms with Crippen molar-refractivity contribution >= 4 is 11.9 Å². The maximum atomic E-state index is 13.2. The minimum absolute atomic E-state index is 0.0171. The van der Waals surface area contributed by atoms with Crippen molar-refractivity contribution in [1.29, 1.82) is 0 Å². The van der Waals surface area contributed by atoms with Gasteiger partial charge in [-0.05, 0) is 65.0 Å². The molecule has 0 aliphatic carbocycles. The number of unbranched alkanes of at least 4 members (excludes halogenated alkanes) is 2. The van der Waals surface area contributed by atoms with Gasteiger partial charge in [0.25, 0.3) is 0 Å². The highest BCUT2D eigenvalue weighted by Crippen LogP contribution is 2.33. The third-order valence-corrected chi connectivity index (χ3v) is 6.11. The standard InChI is InChI=1S/C27H45F3N4/c1-5-22(2)11-12-23(3)20-33-24(4)21-34(18-8-6-7-16-31)19-15-26-14-13-25(27(28,29)30)10-9-17-32-26/h9,11-12,17,20,23-25H,2,5-8,10,13-16,18-19,21,31H2,1,3-4H3/b12-11?,17-9-,32-26+,33-20-. The smallest absolute Gasteiger partial charge is 0.330 e. The van der Waals surface area contributed by atoms with E-state index in [-0.39, 0.29) is 24.8 Å². The topological polar surface area (TPSA) is 54.0 Å². The van der Waals surface area contributed by atoms with E-state index in [1.807, 2.05) is 6.21 Å². The van der Waals surface area contributed by atoms with Crippen LogP contribution >= 0.6 is 0 Å². The van der Waals surface area contributed by atoms with Crippen molar-refractivity contribution in [3.8, 4) is 0 Å². The number of halogens is 3. The first-order chi connectivity index (χ1) is 16.2. The Morgan fingerprint density at radius 2 is 2.06 bits per heavy atom. The minimum Gasteiger partial charge on any atom is -0.330 e. The Morgan fingerprint density at radius 1 is 1.29 bits per heavy atom. The minimum atomic E-state index is -4.15. The van der Waals surface area contributed by atoms with Gasteiger partial charge in [0.05, 0.1) is 12.0 Å². The Bertz CT molecular complexity index is 694. The molecular weight excluding hydrogens is 437 g/mol. The van der Waals surface area contributed by atoms with E-state index < -0.39 is 12.1 Å². The third kappa shape index (κ3) is 13.9. The second-order valence-electron chi connectivity index (χ2n) is 9.37. The molecule has 1 aliphatic rings. The molecule has 0 aromatic carbocycles. The van der Waals surface area contributed by atoms with Crippen LogP contribution in [0.1, 0.15) is 72.1 Å². The molecule has 0 aromatic heterocycles. The van der Waals surface area contributed by atoms with Crippen LogP contribution in [0.3, 0.4) is 0 Å². The van der Waals surface area contributed by atoms with Crippen LogP contribution in [0.2, 0.25) is 0 Å². The molecule has 0 spiro atoms. The van der Waals surface area contributed by atoms with Gasteiger partial charge in [-0.15, -0.1) is 0 Å². The zero-order valence-corrected chi connectivity index (χ0v) is 21.4. The number of hydrogen-bond acceptors (Lipinski definition) is 4. The summed E-state index contributed by atoms with van der Waals surface area (Å²) in [6, 6.07) is 0.133. The molecule has 1 aliphatic heterocycles. The fourth-order valence-corrected chi connectivity index (χ4v) is 3.79. The lowest BCUT2D eigenvalue weighted by atomic mass is 9.95. The van der Waals surface area contributed by atoms with Gasteiger partial charge in [-0.1, -0.05) is 50.6 Å². The van der Waals surface area contributed by atoms with E-state index in [0.717, 1.165) is 56.6 Å². The van der Waals surface area contributed by atoms with Crippen LogP contribution < -0.4 is 5.73 Å². The van der Waals surface area contributed by atoms with E-state index in [1.54, 1.807) is 12.3 Å². The molecule has 34 heavy (non-hydrogen) atoms. The Kier molecular flexibility index (Phi) is 15.0. The largest absolute Gasteiger partial charge is 0.392 e. The molecule has 0 saturated carbocycles. The van der Waals surface area contributed by atoms with E-state index in [0.29, 0.717) is 19.4 Å². The van der Waals surface area contributed by atoms with E-state index >= 15 is 0 Å². The molecule has 0 radical (unpaired) electrons. The van der Waals surface area contributed by atoms with Gasteiger partial charge in [-0.3, -0.25) is 9.98 Å². The fourth-order valence-electron chi connectivity index (χ4n) is 3.79. The molecule has 1 rings (SSSR count). The average Bonchev–Trinajstić information content (AvgIpc) is 2.77. The fraction of sp³-hybridized carbons (Fsp3) is 0.704. The Hall–Kier alpha value is -1.73. The molecule has 0 amide bonds. The quantitative estimate of drug-likeness (QED) is 0.160. The molecule has 2 N–H and O–H groups in total. The van der Waals surface area contributed by atoms with Gasteiger partial charge in [-0.25, -0.2) is 0 Å². The first-order valence-electron chi connectivity index (χ1n) is 12.7. The third-order valence-electron chi connectivity index (χ3n) is 6.11. The SMILES string of the molecule is C=C(C=CC(C)/C=N\C(C)CN(CCCCCN)CC/C1=N/C=C\CC(C(F)(F)F)CC1)CC. The highest BCUT2D eigenvalue weighted by atomic mass is 19.4. The zero-order valence-electron chi connectivity index (χ0n) is 21.4. The van der Waals surface area contributed by atoms with Crippen molar-refractivity contribution in [2.45, 2.75) is 84.4 Å². The number of allylic oxidation sites excluding steroid dienone is 4. The molecular formula is C27H45F3N4. The summed E-state index contributed by atoms with van der Waals surface area (Å²) < 4.78 is 39.5. The van der Waals surface area contributed by atoms with E-state index in [1.165, 1.54) is 0 Å². The van der Waals surface area contributed by atoms with Crippen molar-refractivity contribution in [3.63, 3.8) is 0 Å². The van der Waals surface area contributed by atoms with Crippen LogP contribution in [0.15, 0.2) is 46.6 Å². The molecule has 194 valence electrons. The van der Waals surface area contributed by atoms with Gasteiger partial charge in [0, 0.05) is 37.1 Å². The first-order valence-corrected chi connectivity index (χ1v) is 12.7. The number of alkyl halides is 3. The van der Waals surface area contributed by atoms with E-state index in [4.69, 9.17) is 10.7 Å². The molecule has 4 nitrogen and oxygen atoms in total. The highest BCUT2D eigenvalue weighted by molar-refractivity contribution is 5.85. The maximum Gasteiger partial charge on any atom is 0.392 e. The van der Waals surface area contributed by atoms with Crippen molar-refractivity contribution in [3.05, 3.63) is 36.6 Å². The lowest BCUT2D eigenvalue weighted by molar-refractivity contribution is -0.174. The summed E-state index contributed by atoms with van der Waals surface area (Å²) in [5.74, 6) is -1.04. The number of nitrogens with zero attached hydrogens (tertiary/aromatic N) is 3. The van der Waals surface area contributed by atoms with Gasteiger partial charge < -0.3 is 10.6 Å². The van der Waals surface area contributed by atoms with Gasteiger partial charge in [0.15, 0.2) is 0 Å². The zero-order chi connectivity index (χ0) is 25.4. The van der Waals surface area contributed by atoms with Gasteiger partial charge >= 0.3 is 6.18 Å². The van der Waals surface area contributed by atoms with Crippen molar-refractivity contribution in [1.82, 2.24) is 4.90 Å². The summed E-state index contributed by atoms with van der Waals surface area (Å²) in [6.07, 6.45) is 10.4. The Balaban J connectivity index is 2.67. The first kappa shape index (κ1) is 30.3. The summed E-state index contributed by atoms with van der Waals surface area (Å²) in [5.41, 5.74) is 7.58. The number of nitrogens with two attached hydrogens (primary N) is 1. The highest BCUT2D eigenvalue weighted by Gasteiger charge is 2.38. The summed E-state index contributed by atoms with van der Waals surface area (Å²) >= 11 is 0. The summed E-state index contributed by atoms with van der Waals surface area (Å²) in [4.78, 5) is 11.5. The second kappa shape index (κ2) is 16.8. The van der Waals surface area contributed by atoms with E-state index in [2.05, 4.69) is 49.4 Å². The summed E-state index contributed by atoms with van der Waals surface area (Å²) in [5, 5.41) is 0.